The summed E-state index contributed by atoms with van der Waals surface area (Å²) in [5.74, 6) is 0. The van der Waals surface area contributed by atoms with Crippen LogP contribution in [0, 0.1) is 0 Å². The molecule has 53 heavy (non-hydrogen) atoms. The van der Waals surface area contributed by atoms with Gasteiger partial charge in [0, 0.05) is 38.6 Å². The van der Waals surface area contributed by atoms with Crippen LogP contribution in [0.3, 0.4) is 0 Å². The van der Waals surface area contributed by atoms with Gasteiger partial charge in [-0.05, 0) is 117 Å². The fourth-order valence-corrected chi connectivity index (χ4v) is 7.94. The monoisotopic (exact) mass is 677 g/mol. The zero-order valence-electron chi connectivity index (χ0n) is 28.7. The van der Waals surface area contributed by atoms with E-state index in [0.29, 0.717) is 0 Å². The van der Waals surface area contributed by atoms with Crippen LogP contribution < -0.4 is 4.90 Å². The third-order valence-electron chi connectivity index (χ3n) is 10.6. The van der Waals surface area contributed by atoms with Gasteiger partial charge in [-0.25, -0.2) is 0 Å². The maximum absolute atomic E-state index is 6.61. The van der Waals surface area contributed by atoms with Gasteiger partial charge in [-0.2, -0.15) is 0 Å². The summed E-state index contributed by atoms with van der Waals surface area (Å²) >= 11 is 0. The number of furan rings is 2. The highest BCUT2D eigenvalue weighted by Gasteiger charge is 2.19. The highest BCUT2D eigenvalue weighted by Crippen LogP contribution is 2.42. The Hall–Kier alpha value is -7.10. The lowest BCUT2D eigenvalue weighted by Crippen LogP contribution is -2.09. The van der Waals surface area contributed by atoms with Crippen molar-refractivity contribution in [2.45, 2.75) is 0 Å². The average Bonchev–Trinajstić information content (AvgIpc) is 3.77. The molecule has 11 aromatic rings. The second-order valence-electron chi connectivity index (χ2n) is 13.8. The molecule has 0 N–H and O–H groups in total. The second kappa shape index (κ2) is 11.7. The zero-order valence-corrected chi connectivity index (χ0v) is 28.7. The highest BCUT2D eigenvalue weighted by atomic mass is 16.4. The Morgan fingerprint density at radius 2 is 0.698 bits per heavy atom. The summed E-state index contributed by atoms with van der Waals surface area (Å²) in [6, 6.07) is 67.0. The molecule has 3 heteroatoms. The Balaban J connectivity index is 1.05. The molecule has 0 saturated carbocycles. The quantitative estimate of drug-likeness (QED) is 0.182. The van der Waals surface area contributed by atoms with Crippen molar-refractivity contribution in [2.24, 2.45) is 0 Å². The van der Waals surface area contributed by atoms with E-state index in [0.717, 1.165) is 77.1 Å². The lowest BCUT2D eigenvalue weighted by molar-refractivity contribution is 0.634. The van der Waals surface area contributed by atoms with Gasteiger partial charge in [0.1, 0.15) is 11.2 Å². The lowest BCUT2D eigenvalue weighted by atomic mass is 10.0. The van der Waals surface area contributed by atoms with Gasteiger partial charge in [-0.15, -0.1) is 0 Å². The van der Waals surface area contributed by atoms with Crippen molar-refractivity contribution in [3.05, 3.63) is 188 Å². The van der Waals surface area contributed by atoms with Crippen molar-refractivity contribution in [1.29, 1.82) is 0 Å². The molecule has 3 nitrogen and oxygen atoms in total. The van der Waals surface area contributed by atoms with Gasteiger partial charge < -0.3 is 13.7 Å². The van der Waals surface area contributed by atoms with Crippen LogP contribution in [0.25, 0.3) is 87.7 Å². The van der Waals surface area contributed by atoms with Gasteiger partial charge in [-0.1, -0.05) is 115 Å². The molecule has 0 unspecified atom stereocenters. The van der Waals surface area contributed by atoms with Crippen LogP contribution in [0.4, 0.5) is 17.1 Å². The lowest BCUT2D eigenvalue weighted by Gasteiger charge is -2.26. The largest absolute Gasteiger partial charge is 0.452 e. The molecular weight excluding hydrogens is 647 g/mol. The number of hydrogen-bond donors (Lipinski definition) is 0. The van der Waals surface area contributed by atoms with Crippen molar-refractivity contribution >= 4 is 82.5 Å². The topological polar surface area (TPSA) is 29.5 Å². The minimum atomic E-state index is 0.784. The molecule has 0 atom stereocenters. The number of fused-ring (bicyclic) bond motifs is 9. The first kappa shape index (κ1) is 29.6. The SMILES string of the molecule is c1ccc(-c2ccc(N(c3ccc(-c4ccccc4)cc3)c3ccc4cc5oc6c(ccc7c8cc9ccccc9cc8oc76)c5cc4c3)cc2)cc1. The third kappa shape index (κ3) is 4.90. The Bertz CT molecular complexity index is 3060. The van der Waals surface area contributed by atoms with Gasteiger partial charge in [0.2, 0.25) is 0 Å². The molecule has 0 bridgehead atoms. The number of anilines is 3. The van der Waals surface area contributed by atoms with Gasteiger partial charge in [0.05, 0.1) is 0 Å². The summed E-state index contributed by atoms with van der Waals surface area (Å²) in [5, 5.41) is 8.90. The van der Waals surface area contributed by atoms with Crippen molar-refractivity contribution < 1.29 is 8.83 Å². The minimum Gasteiger partial charge on any atom is -0.452 e. The molecular formula is C50H31NO2. The Labute approximate surface area is 305 Å². The maximum Gasteiger partial charge on any atom is 0.178 e. The van der Waals surface area contributed by atoms with Crippen molar-refractivity contribution in [1.82, 2.24) is 0 Å². The van der Waals surface area contributed by atoms with E-state index in [1.807, 2.05) is 0 Å². The molecule has 0 aliphatic rings. The molecule has 0 radical (unpaired) electrons. The van der Waals surface area contributed by atoms with Crippen LogP contribution >= 0.6 is 0 Å². The van der Waals surface area contributed by atoms with E-state index < -0.39 is 0 Å². The Morgan fingerprint density at radius 1 is 0.283 bits per heavy atom. The van der Waals surface area contributed by atoms with Crippen LogP contribution in [0.5, 0.6) is 0 Å². The van der Waals surface area contributed by atoms with Gasteiger partial charge in [0.15, 0.2) is 11.2 Å². The van der Waals surface area contributed by atoms with E-state index >= 15 is 0 Å². The first-order chi connectivity index (χ1) is 26.2. The molecule has 0 saturated heterocycles. The summed E-state index contributed by atoms with van der Waals surface area (Å²) in [4.78, 5) is 2.34. The summed E-state index contributed by atoms with van der Waals surface area (Å²) in [6.45, 7) is 0. The van der Waals surface area contributed by atoms with Crippen molar-refractivity contribution in [2.75, 3.05) is 4.90 Å². The first-order valence-electron chi connectivity index (χ1n) is 18.0. The van der Waals surface area contributed by atoms with Gasteiger partial charge in [-0.3, -0.25) is 0 Å². The van der Waals surface area contributed by atoms with Crippen LogP contribution in [-0.2, 0) is 0 Å². The van der Waals surface area contributed by atoms with Crippen molar-refractivity contribution in [3.8, 4) is 22.3 Å². The van der Waals surface area contributed by atoms with Crippen LogP contribution in [-0.4, -0.2) is 0 Å². The zero-order chi connectivity index (χ0) is 34.9. The molecule has 0 spiro atoms. The minimum absolute atomic E-state index is 0.784. The highest BCUT2D eigenvalue weighted by molar-refractivity contribution is 6.21. The molecule has 0 aliphatic heterocycles. The number of benzene rings is 9. The Morgan fingerprint density at radius 3 is 1.23 bits per heavy atom. The van der Waals surface area contributed by atoms with E-state index in [-0.39, 0.29) is 0 Å². The van der Waals surface area contributed by atoms with E-state index in [1.165, 1.54) is 27.6 Å². The Kier molecular flexibility index (Phi) is 6.55. The van der Waals surface area contributed by atoms with Gasteiger partial charge >= 0.3 is 0 Å². The fourth-order valence-electron chi connectivity index (χ4n) is 7.94. The van der Waals surface area contributed by atoms with Crippen molar-refractivity contribution in [3.63, 3.8) is 0 Å². The van der Waals surface area contributed by atoms with Gasteiger partial charge in [0.25, 0.3) is 0 Å². The predicted molar refractivity (Wildman–Crippen MR) is 222 cm³/mol. The molecule has 248 valence electrons. The number of hydrogen-bond acceptors (Lipinski definition) is 3. The summed E-state index contributed by atoms with van der Waals surface area (Å²) in [6.07, 6.45) is 0. The standard InChI is InChI=1S/C50H31NO2/c1-3-9-32(10-4-1)34-15-20-40(21-16-34)51(41-22-17-35(18-23-41)33-11-5-2-6-12-33)42-24-19-38-31-48-46(29-39(38)27-42)44-26-25-43-45-28-36-13-7-8-14-37(36)30-47(45)52-49(43)50(44)53-48/h1-31H. The second-order valence-corrected chi connectivity index (χ2v) is 13.8. The fraction of sp³-hybridized carbons (Fsp3) is 0. The molecule has 0 amide bonds. The molecule has 2 aromatic heterocycles. The van der Waals surface area contributed by atoms with E-state index in [9.17, 15) is 0 Å². The molecule has 9 aromatic carbocycles. The van der Waals surface area contributed by atoms with Crippen LogP contribution in [0.2, 0.25) is 0 Å². The first-order valence-corrected chi connectivity index (χ1v) is 18.0. The van der Waals surface area contributed by atoms with E-state index in [2.05, 4.69) is 193 Å². The maximum atomic E-state index is 6.61. The number of nitrogens with zero attached hydrogens (tertiary/aromatic N) is 1. The summed E-state index contributed by atoms with van der Waals surface area (Å²) in [7, 11) is 0. The summed E-state index contributed by atoms with van der Waals surface area (Å²) in [5.41, 5.74) is 11.3. The van der Waals surface area contributed by atoms with Crippen LogP contribution in [0.1, 0.15) is 0 Å². The number of rotatable bonds is 5. The van der Waals surface area contributed by atoms with E-state index in [1.54, 1.807) is 0 Å². The molecule has 11 rings (SSSR count). The normalized spacial score (nSPS) is 11.8. The smallest absolute Gasteiger partial charge is 0.178 e. The average molecular weight is 678 g/mol. The summed E-state index contributed by atoms with van der Waals surface area (Å²) < 4.78 is 13.1. The predicted octanol–water partition coefficient (Wildman–Crippen LogP) is 14.6. The van der Waals surface area contributed by atoms with E-state index in [4.69, 9.17) is 8.83 Å². The molecule has 2 heterocycles. The van der Waals surface area contributed by atoms with Crippen LogP contribution in [0.15, 0.2) is 197 Å². The molecule has 0 aliphatic carbocycles. The molecule has 0 fully saturated rings. The third-order valence-corrected chi connectivity index (χ3v) is 10.6.